The quantitative estimate of drug-likeness (QED) is 0.349. The van der Waals surface area contributed by atoms with Crippen LogP contribution < -0.4 is 5.32 Å². The smallest absolute Gasteiger partial charge is 0.348 e. The second-order valence-electron chi connectivity index (χ2n) is 9.11. The Labute approximate surface area is 211 Å². The van der Waals surface area contributed by atoms with E-state index < -0.39 is 21.7 Å². The zero-order valence-electron chi connectivity index (χ0n) is 20.0. The maximum Gasteiger partial charge on any atom is 0.433 e. The third-order valence-corrected chi connectivity index (χ3v) is 8.28. The number of carbonyl (C=O) groups is 1. The van der Waals surface area contributed by atoms with Gasteiger partial charge in [-0.15, -0.1) is 0 Å². The minimum Gasteiger partial charge on any atom is -0.348 e. The first kappa shape index (κ1) is 25.1. The monoisotopic (exact) mass is 530 g/mol. The Bertz CT molecular complexity index is 1570. The molecular weight excluding hydrogens is 505 g/mol. The maximum atomic E-state index is 13.3. The number of aromatic nitrogens is 3. The van der Waals surface area contributed by atoms with Gasteiger partial charge in [0.05, 0.1) is 17.2 Å². The summed E-state index contributed by atoms with van der Waals surface area (Å²) in [6, 6.07) is 14.6. The fraction of sp³-hybridized carbons (Fsp3) is 0.308. The van der Waals surface area contributed by atoms with Crippen molar-refractivity contribution < 1.29 is 26.4 Å². The lowest BCUT2D eigenvalue weighted by Crippen LogP contribution is -2.22. The molecule has 0 aliphatic heterocycles. The summed E-state index contributed by atoms with van der Waals surface area (Å²) >= 11 is 0. The number of nitrogens with one attached hydrogen (secondary N) is 1. The molecule has 2 aromatic heterocycles. The zero-order chi connectivity index (χ0) is 26.4. The van der Waals surface area contributed by atoms with Gasteiger partial charge in [-0.05, 0) is 60.9 Å². The van der Waals surface area contributed by atoms with Gasteiger partial charge in [0, 0.05) is 40.9 Å². The normalized spacial score (nSPS) is 14.3. The van der Waals surface area contributed by atoms with Crippen LogP contribution in [0.5, 0.6) is 0 Å². The lowest BCUT2D eigenvalue weighted by Gasteiger charge is -2.13. The summed E-state index contributed by atoms with van der Waals surface area (Å²) in [6.07, 6.45) is -1.46. The van der Waals surface area contributed by atoms with Crippen molar-refractivity contribution in [3.8, 4) is 0 Å². The van der Waals surface area contributed by atoms with Gasteiger partial charge in [0.25, 0.3) is 5.91 Å². The molecular formula is C26H25F3N4O3S. The Balaban J connectivity index is 1.35. The summed E-state index contributed by atoms with van der Waals surface area (Å²) < 4.78 is 67.0. The molecule has 0 atom stereocenters. The van der Waals surface area contributed by atoms with Crippen molar-refractivity contribution in [3.05, 3.63) is 83.3 Å². The van der Waals surface area contributed by atoms with E-state index in [1.165, 1.54) is 12.1 Å². The molecule has 0 radical (unpaired) electrons. The first-order chi connectivity index (χ1) is 17.6. The van der Waals surface area contributed by atoms with Crippen molar-refractivity contribution in [1.82, 2.24) is 19.7 Å². The minimum absolute atomic E-state index is 0.0151. The van der Waals surface area contributed by atoms with Crippen molar-refractivity contribution in [2.24, 2.45) is 0 Å². The molecule has 0 unspecified atom stereocenters. The second kappa shape index (κ2) is 9.37. The van der Waals surface area contributed by atoms with E-state index in [2.05, 4.69) is 10.4 Å². The van der Waals surface area contributed by atoms with Gasteiger partial charge < -0.3 is 9.88 Å². The van der Waals surface area contributed by atoms with Crippen LogP contribution in [0.15, 0.2) is 65.7 Å². The molecule has 1 aliphatic carbocycles. The molecule has 1 N–H and O–H groups in total. The number of amides is 1. The van der Waals surface area contributed by atoms with E-state index in [0.717, 1.165) is 46.3 Å². The van der Waals surface area contributed by atoms with E-state index >= 15 is 0 Å². The molecule has 2 heterocycles. The number of benzene rings is 2. The number of hydrogen-bond acceptors (Lipinski definition) is 4. The number of nitrogens with zero attached hydrogens (tertiary/aromatic N) is 3. The Morgan fingerprint density at radius 1 is 1.08 bits per heavy atom. The molecule has 1 amide bonds. The van der Waals surface area contributed by atoms with Crippen LogP contribution in [0.2, 0.25) is 0 Å². The summed E-state index contributed by atoms with van der Waals surface area (Å²) in [7, 11) is -3.29. The standard InChI is InChI=1S/C26H25F3N4O3S/c1-2-37(35,36)22-8-3-17(4-9-22)15-30-25(34)18-5-10-23-19(13-18)14-21(33(23)20-6-7-20)16-32-24(11-12-31-32)26(27,28)29/h3-5,8-14,20H,2,6-7,15-16H2,1H3,(H,30,34). The number of hydrogen-bond donors (Lipinski definition) is 1. The SMILES string of the molecule is CCS(=O)(=O)c1ccc(CNC(=O)c2ccc3c(c2)cc(Cn2nccc2C(F)(F)F)n3C2CC2)cc1. The fourth-order valence-electron chi connectivity index (χ4n) is 4.44. The number of alkyl halides is 3. The average Bonchev–Trinajstić information content (AvgIpc) is 3.47. The molecule has 11 heteroatoms. The van der Waals surface area contributed by atoms with Crippen LogP contribution >= 0.6 is 0 Å². The van der Waals surface area contributed by atoms with E-state index in [9.17, 15) is 26.4 Å². The second-order valence-corrected chi connectivity index (χ2v) is 11.4. The third kappa shape index (κ3) is 5.13. The molecule has 4 aromatic rings. The number of carbonyl (C=O) groups excluding carboxylic acids is 1. The average molecular weight is 531 g/mol. The van der Waals surface area contributed by atoms with E-state index in [0.29, 0.717) is 11.3 Å². The van der Waals surface area contributed by atoms with E-state index in [1.807, 2.05) is 16.7 Å². The van der Waals surface area contributed by atoms with Gasteiger partial charge in [0.15, 0.2) is 9.84 Å². The van der Waals surface area contributed by atoms with Crippen LogP contribution in [0.1, 0.15) is 53.1 Å². The zero-order valence-corrected chi connectivity index (χ0v) is 20.8. The van der Waals surface area contributed by atoms with Gasteiger partial charge in [-0.3, -0.25) is 9.48 Å². The van der Waals surface area contributed by atoms with Gasteiger partial charge in [-0.1, -0.05) is 19.1 Å². The highest BCUT2D eigenvalue weighted by atomic mass is 32.2. The highest BCUT2D eigenvalue weighted by Crippen LogP contribution is 2.40. The highest BCUT2D eigenvalue weighted by Gasteiger charge is 2.35. The molecule has 1 fully saturated rings. The first-order valence-corrected chi connectivity index (χ1v) is 13.5. The highest BCUT2D eigenvalue weighted by molar-refractivity contribution is 7.91. The van der Waals surface area contributed by atoms with Crippen molar-refractivity contribution in [3.63, 3.8) is 0 Å². The minimum atomic E-state index is -4.50. The van der Waals surface area contributed by atoms with Crippen LogP contribution in [0, 0.1) is 0 Å². The number of rotatable bonds is 8. The molecule has 194 valence electrons. The molecule has 5 rings (SSSR count). The van der Waals surface area contributed by atoms with Gasteiger partial charge in [-0.25, -0.2) is 8.42 Å². The van der Waals surface area contributed by atoms with Crippen LogP contribution in [-0.4, -0.2) is 34.4 Å². The Hall–Kier alpha value is -3.60. The topological polar surface area (TPSA) is 86.0 Å². The fourth-order valence-corrected chi connectivity index (χ4v) is 5.32. The Kier molecular flexibility index (Phi) is 6.35. The predicted molar refractivity (Wildman–Crippen MR) is 132 cm³/mol. The number of fused-ring (bicyclic) bond motifs is 1. The Morgan fingerprint density at radius 2 is 1.81 bits per heavy atom. The van der Waals surface area contributed by atoms with Gasteiger partial charge >= 0.3 is 6.18 Å². The van der Waals surface area contributed by atoms with Crippen LogP contribution in [-0.2, 0) is 29.1 Å². The molecule has 1 aliphatic rings. The largest absolute Gasteiger partial charge is 0.433 e. The number of sulfone groups is 1. The molecule has 2 aromatic carbocycles. The first-order valence-electron chi connectivity index (χ1n) is 11.9. The van der Waals surface area contributed by atoms with E-state index in [-0.39, 0.29) is 35.7 Å². The molecule has 37 heavy (non-hydrogen) atoms. The van der Waals surface area contributed by atoms with Crippen molar-refractivity contribution in [2.75, 3.05) is 5.75 Å². The van der Waals surface area contributed by atoms with E-state index in [1.54, 1.807) is 31.2 Å². The van der Waals surface area contributed by atoms with Crippen LogP contribution in [0.4, 0.5) is 13.2 Å². The lowest BCUT2D eigenvalue weighted by atomic mass is 10.1. The predicted octanol–water partition coefficient (Wildman–Crippen LogP) is 4.96. The maximum absolute atomic E-state index is 13.3. The Morgan fingerprint density at radius 3 is 2.46 bits per heavy atom. The summed E-state index contributed by atoms with van der Waals surface area (Å²) in [6.45, 7) is 1.77. The van der Waals surface area contributed by atoms with Crippen LogP contribution in [0.25, 0.3) is 10.9 Å². The lowest BCUT2D eigenvalue weighted by molar-refractivity contribution is -0.144. The van der Waals surface area contributed by atoms with E-state index in [4.69, 9.17) is 0 Å². The van der Waals surface area contributed by atoms with Gasteiger partial charge in [0.2, 0.25) is 0 Å². The van der Waals surface area contributed by atoms with Gasteiger partial charge in [0.1, 0.15) is 5.69 Å². The summed E-state index contributed by atoms with van der Waals surface area (Å²) in [5.74, 6) is -0.291. The molecule has 0 bridgehead atoms. The third-order valence-electron chi connectivity index (χ3n) is 6.53. The van der Waals surface area contributed by atoms with Gasteiger partial charge in [-0.2, -0.15) is 18.3 Å². The molecule has 1 saturated carbocycles. The summed E-state index contributed by atoms with van der Waals surface area (Å²) in [4.78, 5) is 13.1. The molecule has 7 nitrogen and oxygen atoms in total. The molecule has 0 saturated heterocycles. The van der Waals surface area contributed by atoms with Crippen molar-refractivity contribution >= 4 is 26.6 Å². The van der Waals surface area contributed by atoms with Crippen molar-refractivity contribution in [2.45, 2.75) is 50.0 Å². The number of halogens is 3. The van der Waals surface area contributed by atoms with Crippen molar-refractivity contribution in [1.29, 1.82) is 0 Å². The summed E-state index contributed by atoms with van der Waals surface area (Å²) in [5, 5.41) is 7.48. The van der Waals surface area contributed by atoms with Crippen LogP contribution in [0.3, 0.4) is 0 Å². The summed E-state index contributed by atoms with van der Waals surface area (Å²) in [5.41, 5.74) is 1.94. The molecule has 0 spiro atoms.